The second kappa shape index (κ2) is 9.68. The van der Waals surface area contributed by atoms with Gasteiger partial charge in [0.2, 0.25) is 0 Å². The van der Waals surface area contributed by atoms with Crippen molar-refractivity contribution in [2.45, 2.75) is 39.0 Å². The molecule has 0 aromatic heterocycles. The summed E-state index contributed by atoms with van der Waals surface area (Å²) in [5, 5.41) is 24.0. The van der Waals surface area contributed by atoms with Crippen molar-refractivity contribution in [2.75, 3.05) is 6.61 Å². The molecule has 2 aromatic carbocycles. The number of β-lactam (4-membered cyclic amide) rings is 1. The van der Waals surface area contributed by atoms with Crippen molar-refractivity contribution in [1.29, 1.82) is 0 Å². The molecule has 1 fully saturated rings. The van der Waals surface area contributed by atoms with Crippen LogP contribution < -0.4 is 10.1 Å². The second-order valence-electron chi connectivity index (χ2n) is 9.26. The maximum absolute atomic E-state index is 13.0. The number of amides is 2. The second-order valence-corrected chi connectivity index (χ2v) is 9.26. The Balaban J connectivity index is 1.42. The molecule has 2 aromatic rings. The molecule has 2 unspecified atom stereocenters. The Bertz CT molecular complexity index is 1220. The molecular formula is C25H25N3O8. The number of para-hydroxylation sites is 1. The van der Waals surface area contributed by atoms with Gasteiger partial charge >= 0.3 is 5.97 Å². The first-order valence-electron chi connectivity index (χ1n) is 11.2. The molecule has 0 aliphatic carbocycles. The number of carbonyl (C=O) groups excluding carboxylic acids is 3. The average molecular weight is 495 g/mol. The fraction of sp³-hybridized carbons (Fsp3) is 0.320. The van der Waals surface area contributed by atoms with Gasteiger partial charge in [-0.15, -0.1) is 0 Å². The van der Waals surface area contributed by atoms with Crippen LogP contribution >= 0.6 is 0 Å². The first-order chi connectivity index (χ1) is 17.1. The van der Waals surface area contributed by atoms with Gasteiger partial charge in [0, 0.05) is 18.6 Å². The van der Waals surface area contributed by atoms with E-state index in [-0.39, 0.29) is 36.8 Å². The first-order valence-corrected chi connectivity index (χ1v) is 11.2. The molecule has 1 saturated heterocycles. The third-order valence-electron chi connectivity index (χ3n) is 6.18. The summed E-state index contributed by atoms with van der Waals surface area (Å²) in [5.74, 6) is -1.71. The fourth-order valence-corrected chi connectivity index (χ4v) is 4.47. The standard InChI is InChI=1S/C25H25N3O8/c1-25(2)12-18(29)21(24(32)36-13-15-8-10-16(11-9-15)28(33)34)27-22(25)20(23(27)31)26-19(30)14-35-17-6-4-3-5-7-17/h3-11,20,22,29H,12-14H2,1-2H3,(H,26,30). The normalized spacial score (nSPS) is 20.2. The third kappa shape index (κ3) is 4.85. The molecule has 188 valence electrons. The number of non-ortho nitro benzene ring substituents is 1. The Hall–Kier alpha value is -4.41. The Morgan fingerprint density at radius 1 is 1.17 bits per heavy atom. The largest absolute Gasteiger partial charge is 0.510 e. The van der Waals surface area contributed by atoms with Gasteiger partial charge in [-0.25, -0.2) is 4.79 Å². The maximum atomic E-state index is 13.0. The van der Waals surface area contributed by atoms with E-state index in [0.29, 0.717) is 11.3 Å². The summed E-state index contributed by atoms with van der Waals surface area (Å²) in [6.07, 6.45) is 0.0935. The van der Waals surface area contributed by atoms with Crippen molar-refractivity contribution < 1.29 is 33.9 Å². The molecule has 4 rings (SSSR count). The van der Waals surface area contributed by atoms with Crippen molar-refractivity contribution in [1.82, 2.24) is 10.2 Å². The van der Waals surface area contributed by atoms with E-state index in [1.807, 2.05) is 19.9 Å². The summed E-state index contributed by atoms with van der Waals surface area (Å²) in [7, 11) is 0. The first kappa shape index (κ1) is 24.7. The number of aliphatic hydroxyl groups is 1. The summed E-state index contributed by atoms with van der Waals surface area (Å²) in [4.78, 5) is 49.7. The zero-order valence-electron chi connectivity index (χ0n) is 19.7. The van der Waals surface area contributed by atoms with Crippen LogP contribution in [0.25, 0.3) is 0 Å². The lowest BCUT2D eigenvalue weighted by Gasteiger charge is -2.56. The van der Waals surface area contributed by atoms with Crippen LogP contribution in [-0.2, 0) is 25.7 Å². The number of benzene rings is 2. The molecule has 0 radical (unpaired) electrons. The number of aliphatic hydroxyl groups excluding tert-OH is 1. The third-order valence-corrected chi connectivity index (χ3v) is 6.18. The van der Waals surface area contributed by atoms with Gasteiger partial charge in [0.1, 0.15) is 24.2 Å². The molecule has 11 nitrogen and oxygen atoms in total. The smallest absolute Gasteiger partial charge is 0.358 e. The number of hydrogen-bond acceptors (Lipinski definition) is 8. The van der Waals surface area contributed by atoms with Crippen molar-refractivity contribution in [2.24, 2.45) is 5.41 Å². The van der Waals surface area contributed by atoms with E-state index in [1.54, 1.807) is 24.3 Å². The van der Waals surface area contributed by atoms with Gasteiger partial charge in [0.15, 0.2) is 12.3 Å². The van der Waals surface area contributed by atoms with E-state index in [1.165, 1.54) is 29.2 Å². The van der Waals surface area contributed by atoms with Gasteiger partial charge in [-0.1, -0.05) is 32.0 Å². The zero-order chi connectivity index (χ0) is 26.0. The number of allylic oxidation sites excluding steroid dienone is 1. The number of rotatable bonds is 8. The highest BCUT2D eigenvalue weighted by Gasteiger charge is 2.60. The predicted octanol–water partition coefficient (Wildman–Crippen LogP) is 2.61. The maximum Gasteiger partial charge on any atom is 0.358 e. The summed E-state index contributed by atoms with van der Waals surface area (Å²) in [6.45, 7) is 3.16. The SMILES string of the molecule is CC1(C)CC(O)=C(C(=O)OCc2ccc([N+](=O)[O-])cc2)N2C(=O)C(NC(=O)COc3ccccc3)C21. The van der Waals surface area contributed by atoms with Gasteiger partial charge < -0.3 is 19.9 Å². The monoisotopic (exact) mass is 495 g/mol. The molecule has 0 bridgehead atoms. The molecule has 2 aliphatic rings. The minimum atomic E-state index is -0.906. The van der Waals surface area contributed by atoms with Gasteiger partial charge in [0.05, 0.1) is 11.0 Å². The highest BCUT2D eigenvalue weighted by Crippen LogP contribution is 2.46. The van der Waals surface area contributed by atoms with Crippen LogP contribution in [0.15, 0.2) is 66.1 Å². The van der Waals surface area contributed by atoms with Crippen LogP contribution in [0.2, 0.25) is 0 Å². The number of nitrogens with zero attached hydrogens (tertiary/aromatic N) is 2. The fourth-order valence-electron chi connectivity index (χ4n) is 4.47. The molecule has 11 heteroatoms. The highest BCUT2D eigenvalue weighted by molar-refractivity contribution is 6.02. The van der Waals surface area contributed by atoms with E-state index < -0.39 is 40.2 Å². The van der Waals surface area contributed by atoms with Crippen LogP contribution in [0.1, 0.15) is 25.8 Å². The number of nitrogens with one attached hydrogen (secondary N) is 1. The lowest BCUT2D eigenvalue weighted by atomic mass is 9.68. The molecule has 0 saturated carbocycles. The van der Waals surface area contributed by atoms with E-state index in [0.717, 1.165) is 0 Å². The number of carbonyl (C=O) groups is 3. The Morgan fingerprint density at radius 2 is 1.83 bits per heavy atom. The summed E-state index contributed by atoms with van der Waals surface area (Å²) < 4.78 is 10.7. The van der Waals surface area contributed by atoms with Crippen LogP contribution in [0.3, 0.4) is 0 Å². The minimum absolute atomic E-state index is 0.0935. The topological polar surface area (TPSA) is 148 Å². The lowest BCUT2D eigenvalue weighted by molar-refractivity contribution is -0.384. The van der Waals surface area contributed by atoms with Crippen LogP contribution in [0, 0.1) is 15.5 Å². The number of fused-ring (bicyclic) bond motifs is 1. The van der Waals surface area contributed by atoms with Gasteiger partial charge in [-0.2, -0.15) is 0 Å². The Labute approximate surface area is 206 Å². The molecule has 2 heterocycles. The number of esters is 1. The van der Waals surface area contributed by atoms with Crippen molar-refractivity contribution in [3.63, 3.8) is 0 Å². The van der Waals surface area contributed by atoms with Gasteiger partial charge in [-0.05, 0) is 35.2 Å². The lowest BCUT2D eigenvalue weighted by Crippen LogP contribution is -2.76. The summed E-state index contributed by atoms with van der Waals surface area (Å²) >= 11 is 0. The molecule has 2 N–H and O–H groups in total. The molecule has 2 amide bonds. The molecule has 36 heavy (non-hydrogen) atoms. The molecule has 0 spiro atoms. The summed E-state index contributed by atoms with van der Waals surface area (Å²) in [6, 6.07) is 12.8. The average Bonchev–Trinajstić information content (AvgIpc) is 2.84. The van der Waals surface area contributed by atoms with Crippen LogP contribution in [0.5, 0.6) is 5.75 Å². The van der Waals surface area contributed by atoms with Crippen LogP contribution in [-0.4, -0.2) is 51.4 Å². The number of hydrogen-bond donors (Lipinski definition) is 2. The van der Waals surface area contributed by atoms with Crippen LogP contribution in [0.4, 0.5) is 5.69 Å². The number of nitro benzene ring substituents is 1. The molecule has 2 atom stereocenters. The number of ether oxygens (including phenoxy) is 2. The zero-order valence-corrected chi connectivity index (χ0v) is 19.7. The van der Waals surface area contributed by atoms with Gasteiger partial charge in [0.25, 0.3) is 17.5 Å². The van der Waals surface area contributed by atoms with E-state index in [2.05, 4.69) is 5.32 Å². The van der Waals surface area contributed by atoms with E-state index in [4.69, 9.17) is 9.47 Å². The highest BCUT2D eigenvalue weighted by atomic mass is 16.6. The van der Waals surface area contributed by atoms with Crippen molar-refractivity contribution in [3.05, 3.63) is 81.7 Å². The Kier molecular flexibility index (Phi) is 6.65. The quantitative estimate of drug-likeness (QED) is 0.246. The minimum Gasteiger partial charge on any atom is -0.510 e. The Morgan fingerprint density at radius 3 is 2.47 bits per heavy atom. The predicted molar refractivity (Wildman–Crippen MR) is 125 cm³/mol. The van der Waals surface area contributed by atoms with E-state index in [9.17, 15) is 29.6 Å². The van der Waals surface area contributed by atoms with E-state index >= 15 is 0 Å². The molecule has 2 aliphatic heterocycles. The van der Waals surface area contributed by atoms with Gasteiger partial charge in [-0.3, -0.25) is 24.6 Å². The number of nitro groups is 1. The summed E-state index contributed by atoms with van der Waals surface area (Å²) in [5.41, 5.74) is -0.507. The van der Waals surface area contributed by atoms with Crippen molar-refractivity contribution >= 4 is 23.5 Å². The van der Waals surface area contributed by atoms with Crippen molar-refractivity contribution in [3.8, 4) is 5.75 Å². The molecular weight excluding hydrogens is 470 g/mol.